The van der Waals surface area contributed by atoms with Gasteiger partial charge in [-0.25, -0.2) is 29.9 Å². The van der Waals surface area contributed by atoms with E-state index in [2.05, 4.69) is 435 Å². The molecule has 6 nitrogen and oxygen atoms in total. The minimum Gasteiger partial charge on any atom is -0.244 e. The Labute approximate surface area is 867 Å². The summed E-state index contributed by atoms with van der Waals surface area (Å²) < 4.78 is 8.15. The molecule has 26 aromatic rings. The van der Waals surface area contributed by atoms with Crippen LogP contribution in [0.5, 0.6) is 0 Å². The number of aromatic nitrogens is 6. The highest BCUT2D eigenvalue weighted by Gasteiger charge is 2.50. The summed E-state index contributed by atoms with van der Waals surface area (Å²) >= 11 is 5.79. The molecule has 0 radical (unpaired) electrons. The van der Waals surface area contributed by atoms with E-state index >= 15 is 0 Å². The maximum Gasteiger partial charge on any atom is 0.160 e. The number of benzene rings is 20. The minimum atomic E-state index is -0.125. The topological polar surface area (TPSA) is 77.3 Å². The quantitative estimate of drug-likeness (QED) is 0.151. The summed E-state index contributed by atoms with van der Waals surface area (Å²) in [6.45, 7) is 29.0. The lowest BCUT2D eigenvalue weighted by molar-refractivity contribution is 0.299. The number of hydrogen-bond acceptors (Lipinski definition) is 9. The predicted molar refractivity (Wildman–Crippen MR) is 628 cm³/mol. The smallest absolute Gasteiger partial charge is 0.160 e. The molecule has 0 atom stereocenters. The van der Waals surface area contributed by atoms with E-state index in [-0.39, 0.29) is 32.5 Å². The van der Waals surface area contributed by atoms with Crippen molar-refractivity contribution in [2.24, 2.45) is 0 Å². The molecule has 20 aromatic carbocycles. The van der Waals surface area contributed by atoms with Crippen LogP contribution in [0.1, 0.15) is 116 Å². The van der Waals surface area contributed by atoms with Gasteiger partial charge in [0.2, 0.25) is 0 Å². The van der Waals surface area contributed by atoms with E-state index in [1.165, 1.54) is 171 Å². The Morgan fingerprint density at radius 3 is 1.00 bits per heavy atom. The van der Waals surface area contributed by atoms with Crippen molar-refractivity contribution in [3.05, 3.63) is 446 Å². The van der Waals surface area contributed by atoms with Crippen LogP contribution >= 0.6 is 34.0 Å². The SMILES string of the molecule is CC1(C)c2cc(-c3ccc4c(-c5ccccc5)nc(-c5ccccc5)nc4c3)ccc2-c2c(ccc3c2sc2ccc4ccccc4c23)C1(C)C.CC1(C)c2cc(-c3nc4ccccc4nc3-c3ccccc3)ccc2-c2c(ccc3c2sc2ccc4ccccc4c23)C1(C)C.CC1(C)c2ccc(-c3ccc4c(-c5ccccc5)nc(-c5ccccc5)nc4c3)cc2-c2c(ccc3sc4cc5ccccc5cc4c23)C1(C)C. The molecule has 3 aliphatic carbocycles. The molecule has 147 heavy (non-hydrogen) atoms. The molecule has 0 saturated heterocycles. The van der Waals surface area contributed by atoms with Crippen molar-refractivity contribution in [2.45, 2.75) is 116 Å². The summed E-state index contributed by atoms with van der Waals surface area (Å²) in [6.07, 6.45) is 0. The van der Waals surface area contributed by atoms with Gasteiger partial charge in [0.1, 0.15) is 0 Å². The minimum absolute atomic E-state index is 0.0717. The van der Waals surface area contributed by atoms with Crippen LogP contribution in [-0.2, 0) is 32.5 Å². The molecular weight excluding hydrogens is 1840 g/mol. The molecule has 9 heteroatoms. The Morgan fingerprint density at radius 2 is 0.510 bits per heavy atom. The largest absolute Gasteiger partial charge is 0.244 e. The number of para-hydroxylation sites is 2. The average molecular weight is 1940 g/mol. The monoisotopic (exact) mass is 1940 g/mol. The van der Waals surface area contributed by atoms with Gasteiger partial charge in [-0.2, -0.15) is 0 Å². The van der Waals surface area contributed by atoms with Crippen LogP contribution in [0.25, 0.3) is 249 Å². The third-order valence-corrected chi connectivity index (χ3v) is 37.8. The lowest BCUT2D eigenvalue weighted by Crippen LogP contribution is -2.43. The highest BCUT2D eigenvalue weighted by Crippen LogP contribution is 2.63. The van der Waals surface area contributed by atoms with Gasteiger partial charge in [0, 0.05) is 116 Å². The van der Waals surface area contributed by atoms with E-state index in [4.69, 9.17) is 29.9 Å². The molecule has 0 unspecified atom stereocenters. The molecule has 0 bridgehead atoms. The Kier molecular flexibility index (Phi) is 20.6. The van der Waals surface area contributed by atoms with Crippen LogP contribution in [0.2, 0.25) is 0 Å². The van der Waals surface area contributed by atoms with Gasteiger partial charge in [0.05, 0.1) is 44.8 Å². The lowest BCUT2D eigenvalue weighted by Gasteiger charge is -2.48. The molecule has 0 aliphatic heterocycles. The predicted octanol–water partition coefficient (Wildman–Crippen LogP) is 38.5. The van der Waals surface area contributed by atoms with Gasteiger partial charge in [-0.3, -0.25) is 0 Å². The summed E-state index contributed by atoms with van der Waals surface area (Å²) in [5, 5.41) is 18.1. The standard InChI is InChI=1S/2C48H36N2S.C42H32N2S/c1-47(2)38-25-24-37-42-34-18-12-11-13-29(34)21-26-41(42)51-45(37)43(38)35-22-19-32(27-39(35)48(47,3)4)33-20-23-36-40(28-33)49-46(31-16-9-6-10-17-31)50-44(36)30-14-7-5-8-15-30;1-47(2)38-22-20-33(34-19-21-35-40(27-34)49-46(30-15-9-6-10-16-30)50-45(35)29-13-7-5-8-14-29)25-36(38)43-39(48(47,3)4)23-24-41-44(43)37-26-31-17-11-12-18-32(31)28-42(37)51-41;1-41(2)31-22-21-30-36-28-15-9-8-12-25(28)19-23-35(36)45-40(30)37(31)29-20-18-27(24-32(29)42(41,3)4)39-38(26-13-6-5-7-14-26)43-33-16-10-11-17-34(33)44-39/h2*5-28H,1-4H3;5-24H,1-4H3. The summed E-state index contributed by atoms with van der Waals surface area (Å²) in [7, 11) is 0. The fourth-order valence-electron chi connectivity index (χ4n) is 24.2. The van der Waals surface area contributed by atoms with E-state index in [0.717, 1.165) is 112 Å². The first kappa shape index (κ1) is 89.7. The van der Waals surface area contributed by atoms with Gasteiger partial charge < -0.3 is 0 Å². The number of nitrogens with zero attached hydrogens (tertiary/aromatic N) is 6. The van der Waals surface area contributed by atoms with E-state index in [0.29, 0.717) is 0 Å². The van der Waals surface area contributed by atoms with E-state index in [9.17, 15) is 0 Å². The lowest BCUT2D eigenvalue weighted by atomic mass is 9.55. The summed E-state index contributed by atoms with van der Waals surface area (Å²) in [5.41, 5.74) is 34.6. The molecule has 3 aliphatic rings. The number of thiophene rings is 3. The number of fused-ring (bicyclic) bond motifs is 29. The Morgan fingerprint density at radius 1 is 0.170 bits per heavy atom. The van der Waals surface area contributed by atoms with Gasteiger partial charge in [0.15, 0.2) is 11.6 Å². The molecule has 0 fully saturated rings. The van der Waals surface area contributed by atoms with Crippen molar-refractivity contribution in [1.82, 2.24) is 29.9 Å². The maximum absolute atomic E-state index is 5.25. The van der Waals surface area contributed by atoms with Gasteiger partial charge in [-0.1, -0.05) is 411 Å². The van der Waals surface area contributed by atoms with Crippen LogP contribution in [0.3, 0.4) is 0 Å². The Hall–Kier alpha value is -16.1. The third-order valence-electron chi connectivity index (χ3n) is 34.3. The second-order valence-corrected chi connectivity index (χ2v) is 46.6. The molecule has 0 N–H and O–H groups in total. The van der Waals surface area contributed by atoms with Gasteiger partial charge in [-0.05, 0) is 228 Å². The average Bonchev–Trinajstić information content (AvgIpc) is 1.60. The van der Waals surface area contributed by atoms with Gasteiger partial charge >= 0.3 is 0 Å². The first-order valence-corrected chi connectivity index (χ1v) is 53.6. The van der Waals surface area contributed by atoms with Crippen molar-refractivity contribution in [3.8, 4) is 123 Å². The van der Waals surface area contributed by atoms with Crippen molar-refractivity contribution in [3.63, 3.8) is 0 Å². The van der Waals surface area contributed by atoms with Gasteiger partial charge in [-0.15, -0.1) is 34.0 Å². The molecule has 6 heterocycles. The van der Waals surface area contributed by atoms with E-state index in [1.54, 1.807) is 0 Å². The van der Waals surface area contributed by atoms with Crippen molar-refractivity contribution in [2.75, 3.05) is 0 Å². The van der Waals surface area contributed by atoms with Crippen molar-refractivity contribution < 1.29 is 0 Å². The normalized spacial score (nSPS) is 14.7. The fourth-order valence-corrected chi connectivity index (χ4v) is 27.9. The molecule has 29 rings (SSSR count). The third kappa shape index (κ3) is 14.0. The second-order valence-electron chi connectivity index (χ2n) is 43.4. The first-order chi connectivity index (χ1) is 71.4. The Bertz CT molecular complexity index is 9980. The van der Waals surface area contributed by atoms with Crippen molar-refractivity contribution >= 4 is 160 Å². The molecular formula is C138H104N6S3. The van der Waals surface area contributed by atoms with Crippen LogP contribution in [0.15, 0.2) is 413 Å². The Balaban J connectivity index is 0.000000109. The molecule has 0 amide bonds. The zero-order valence-corrected chi connectivity index (χ0v) is 86.6. The van der Waals surface area contributed by atoms with Gasteiger partial charge in [0.25, 0.3) is 0 Å². The van der Waals surface area contributed by atoms with Crippen LogP contribution in [0.4, 0.5) is 0 Å². The van der Waals surface area contributed by atoms with Crippen molar-refractivity contribution in [1.29, 1.82) is 0 Å². The maximum atomic E-state index is 5.25. The fraction of sp³-hybridized carbons (Fsp3) is 0.130. The van der Waals surface area contributed by atoms with E-state index < -0.39 is 0 Å². The van der Waals surface area contributed by atoms with Crippen LogP contribution in [-0.4, -0.2) is 29.9 Å². The highest BCUT2D eigenvalue weighted by molar-refractivity contribution is 7.27. The summed E-state index contributed by atoms with van der Waals surface area (Å²) in [5.74, 6) is 1.48. The highest BCUT2D eigenvalue weighted by atomic mass is 32.1. The molecule has 0 saturated carbocycles. The van der Waals surface area contributed by atoms with Crippen LogP contribution < -0.4 is 0 Å². The summed E-state index contributed by atoms with van der Waals surface area (Å²) in [4.78, 5) is 30.9. The second kappa shape index (κ2) is 33.7. The number of rotatable bonds is 8. The molecule has 704 valence electrons. The number of hydrogen-bond donors (Lipinski definition) is 0. The molecule has 0 spiro atoms. The summed E-state index contributed by atoms with van der Waals surface area (Å²) in [6, 6.07) is 150. The zero-order chi connectivity index (χ0) is 99.5. The van der Waals surface area contributed by atoms with E-state index in [1.807, 2.05) is 94.7 Å². The first-order valence-electron chi connectivity index (χ1n) is 51.2. The molecule has 6 aromatic heterocycles. The zero-order valence-electron chi connectivity index (χ0n) is 84.2. The van der Waals surface area contributed by atoms with Crippen LogP contribution in [0, 0.1) is 0 Å².